The fraction of sp³-hybridized carbons (Fsp3) is 0.591. The molecule has 2 heteroatoms. The van der Waals surface area contributed by atoms with E-state index in [4.69, 9.17) is 4.74 Å². The molecule has 0 saturated heterocycles. The molecule has 0 aromatic heterocycles. The van der Waals surface area contributed by atoms with Crippen LogP contribution in [0.4, 0.5) is 0 Å². The summed E-state index contributed by atoms with van der Waals surface area (Å²) in [5.41, 5.74) is 7.25. The molecule has 0 atom stereocenters. The predicted octanol–water partition coefficient (Wildman–Crippen LogP) is 5.32. The second-order valence-electron chi connectivity index (χ2n) is 8.60. The lowest BCUT2D eigenvalue weighted by atomic mass is 9.62. The summed E-state index contributed by atoms with van der Waals surface area (Å²) in [6, 6.07) is 4.82. The van der Waals surface area contributed by atoms with Gasteiger partial charge in [0.25, 0.3) is 0 Å². The summed E-state index contributed by atoms with van der Waals surface area (Å²) in [5, 5.41) is 0. The maximum absolute atomic E-state index is 11.9. The van der Waals surface area contributed by atoms with E-state index in [2.05, 4.69) is 39.8 Å². The fourth-order valence-corrected chi connectivity index (χ4v) is 4.24. The molecule has 130 valence electrons. The standard InChI is InChI=1S/C22H30O2/c1-6-24-20(23)13-16-9-7-8-15-12-18-19(14-17(15)16)22(4,5)11-10-21(18,2)3/h12-14H,6-11H2,1-5H3/b16-13-. The topological polar surface area (TPSA) is 26.3 Å². The molecule has 0 saturated carbocycles. The monoisotopic (exact) mass is 326 g/mol. The normalized spacial score (nSPS) is 22.6. The number of allylic oxidation sites excluding steroid dienone is 1. The van der Waals surface area contributed by atoms with Crippen molar-refractivity contribution < 1.29 is 9.53 Å². The van der Waals surface area contributed by atoms with Crippen molar-refractivity contribution in [1.82, 2.24) is 0 Å². The third-order valence-electron chi connectivity index (χ3n) is 5.89. The van der Waals surface area contributed by atoms with Gasteiger partial charge in [-0.2, -0.15) is 0 Å². The molecule has 2 nitrogen and oxygen atoms in total. The van der Waals surface area contributed by atoms with Gasteiger partial charge >= 0.3 is 5.97 Å². The summed E-state index contributed by atoms with van der Waals surface area (Å²) < 4.78 is 5.13. The first-order valence-electron chi connectivity index (χ1n) is 9.30. The number of benzene rings is 1. The second kappa shape index (κ2) is 6.06. The van der Waals surface area contributed by atoms with Gasteiger partial charge in [0.2, 0.25) is 0 Å². The van der Waals surface area contributed by atoms with Crippen LogP contribution in [0.25, 0.3) is 5.57 Å². The van der Waals surface area contributed by atoms with Crippen LogP contribution < -0.4 is 0 Å². The number of hydrogen-bond acceptors (Lipinski definition) is 2. The Morgan fingerprint density at radius 1 is 1.08 bits per heavy atom. The molecule has 0 N–H and O–H groups in total. The molecule has 0 amide bonds. The number of hydrogen-bond donors (Lipinski definition) is 0. The zero-order valence-electron chi connectivity index (χ0n) is 15.8. The van der Waals surface area contributed by atoms with Gasteiger partial charge in [-0.15, -0.1) is 0 Å². The van der Waals surface area contributed by atoms with E-state index in [1.807, 2.05) is 6.92 Å². The highest BCUT2D eigenvalue weighted by atomic mass is 16.5. The lowest BCUT2D eigenvalue weighted by molar-refractivity contribution is -0.137. The van der Waals surface area contributed by atoms with Crippen LogP contribution in [0, 0.1) is 0 Å². The SMILES string of the molecule is CCOC(=O)/C=C1/CCCc2cc3c(cc21)C(C)(C)CCC3(C)C. The van der Waals surface area contributed by atoms with Crippen molar-refractivity contribution in [1.29, 1.82) is 0 Å². The molecule has 0 bridgehead atoms. The van der Waals surface area contributed by atoms with E-state index in [1.165, 1.54) is 35.1 Å². The maximum atomic E-state index is 11.9. The van der Waals surface area contributed by atoms with Crippen LogP contribution in [0.3, 0.4) is 0 Å². The quantitative estimate of drug-likeness (QED) is 0.543. The van der Waals surface area contributed by atoms with Crippen molar-refractivity contribution >= 4 is 11.5 Å². The van der Waals surface area contributed by atoms with E-state index in [9.17, 15) is 4.79 Å². The number of ether oxygens (including phenoxy) is 1. The van der Waals surface area contributed by atoms with Crippen molar-refractivity contribution in [2.24, 2.45) is 0 Å². The molecule has 0 radical (unpaired) electrons. The van der Waals surface area contributed by atoms with Crippen LogP contribution in [0.2, 0.25) is 0 Å². The molecular weight excluding hydrogens is 296 g/mol. The van der Waals surface area contributed by atoms with Crippen LogP contribution in [-0.2, 0) is 26.8 Å². The van der Waals surface area contributed by atoms with Gasteiger partial charge in [-0.05, 0) is 77.7 Å². The molecule has 1 aromatic rings. The average Bonchev–Trinajstić information content (AvgIpc) is 2.51. The number of rotatable bonds is 2. The summed E-state index contributed by atoms with van der Waals surface area (Å²) >= 11 is 0. The molecule has 0 aliphatic heterocycles. The Balaban J connectivity index is 2.13. The van der Waals surface area contributed by atoms with E-state index in [0.717, 1.165) is 24.8 Å². The minimum absolute atomic E-state index is 0.201. The zero-order chi connectivity index (χ0) is 17.5. The summed E-state index contributed by atoms with van der Waals surface area (Å²) in [6.07, 6.45) is 7.35. The van der Waals surface area contributed by atoms with Crippen molar-refractivity contribution in [2.45, 2.75) is 77.6 Å². The van der Waals surface area contributed by atoms with Gasteiger partial charge in [-0.3, -0.25) is 0 Å². The van der Waals surface area contributed by atoms with Crippen molar-refractivity contribution in [3.05, 3.63) is 40.5 Å². The molecule has 24 heavy (non-hydrogen) atoms. The Labute approximate surface area is 146 Å². The van der Waals surface area contributed by atoms with Crippen molar-refractivity contribution in [2.75, 3.05) is 6.61 Å². The first-order chi connectivity index (χ1) is 11.2. The predicted molar refractivity (Wildman–Crippen MR) is 99.3 cm³/mol. The number of esters is 1. The zero-order valence-corrected chi connectivity index (χ0v) is 15.8. The van der Waals surface area contributed by atoms with E-state index in [-0.39, 0.29) is 16.8 Å². The Morgan fingerprint density at radius 2 is 1.71 bits per heavy atom. The lowest BCUT2D eigenvalue weighted by Gasteiger charge is -2.43. The van der Waals surface area contributed by atoms with Crippen molar-refractivity contribution in [3.8, 4) is 0 Å². The Hall–Kier alpha value is -1.57. The molecule has 0 fully saturated rings. The summed E-state index contributed by atoms with van der Waals surface area (Å²) in [6.45, 7) is 11.7. The maximum Gasteiger partial charge on any atom is 0.331 e. The minimum Gasteiger partial charge on any atom is -0.463 e. The highest BCUT2D eigenvalue weighted by Gasteiger charge is 2.38. The third kappa shape index (κ3) is 3.03. The fourth-order valence-electron chi connectivity index (χ4n) is 4.24. The van der Waals surface area contributed by atoms with Crippen molar-refractivity contribution in [3.63, 3.8) is 0 Å². The first kappa shape index (κ1) is 17.3. The second-order valence-corrected chi connectivity index (χ2v) is 8.60. The van der Waals surface area contributed by atoms with Gasteiger partial charge in [-0.1, -0.05) is 39.8 Å². The van der Waals surface area contributed by atoms with Gasteiger partial charge in [-0.25, -0.2) is 4.79 Å². The van der Waals surface area contributed by atoms with Crippen LogP contribution in [0.1, 0.15) is 82.6 Å². The molecule has 3 rings (SSSR count). The third-order valence-corrected chi connectivity index (χ3v) is 5.89. The number of aryl methyl sites for hydroxylation is 1. The van der Waals surface area contributed by atoms with Crippen LogP contribution in [0.5, 0.6) is 0 Å². The molecule has 1 aromatic carbocycles. The Bertz CT molecular complexity index is 692. The van der Waals surface area contributed by atoms with E-state index in [0.29, 0.717) is 6.61 Å². The lowest BCUT2D eigenvalue weighted by Crippen LogP contribution is -2.34. The molecular formula is C22H30O2. The summed E-state index contributed by atoms with van der Waals surface area (Å²) in [7, 11) is 0. The summed E-state index contributed by atoms with van der Waals surface area (Å²) in [4.78, 5) is 11.9. The largest absolute Gasteiger partial charge is 0.463 e. The van der Waals surface area contributed by atoms with Gasteiger partial charge < -0.3 is 4.74 Å². The molecule has 0 heterocycles. The van der Waals surface area contributed by atoms with Gasteiger partial charge in [0.15, 0.2) is 0 Å². The van der Waals surface area contributed by atoms with E-state index in [1.54, 1.807) is 6.08 Å². The summed E-state index contributed by atoms with van der Waals surface area (Å²) in [5.74, 6) is -0.210. The Kier molecular flexibility index (Phi) is 4.36. The number of fused-ring (bicyclic) bond motifs is 2. The van der Waals surface area contributed by atoms with E-state index >= 15 is 0 Å². The molecule has 2 aliphatic carbocycles. The number of carbonyl (C=O) groups is 1. The molecule has 0 unspecified atom stereocenters. The molecule has 0 spiro atoms. The van der Waals surface area contributed by atoms with E-state index < -0.39 is 0 Å². The number of carbonyl (C=O) groups excluding carboxylic acids is 1. The van der Waals surface area contributed by atoms with Crippen LogP contribution in [0.15, 0.2) is 18.2 Å². The first-order valence-corrected chi connectivity index (χ1v) is 9.30. The molecule has 2 aliphatic rings. The van der Waals surface area contributed by atoms with Gasteiger partial charge in [0, 0.05) is 6.08 Å². The highest BCUT2D eigenvalue weighted by Crippen LogP contribution is 2.48. The smallest absolute Gasteiger partial charge is 0.331 e. The Morgan fingerprint density at radius 3 is 2.33 bits per heavy atom. The average molecular weight is 326 g/mol. The van der Waals surface area contributed by atoms with Crippen LogP contribution >= 0.6 is 0 Å². The van der Waals surface area contributed by atoms with Gasteiger partial charge in [0.1, 0.15) is 0 Å². The highest BCUT2D eigenvalue weighted by molar-refractivity contribution is 5.92. The minimum atomic E-state index is -0.210. The van der Waals surface area contributed by atoms with Gasteiger partial charge in [0.05, 0.1) is 6.61 Å². The van der Waals surface area contributed by atoms with Crippen LogP contribution in [-0.4, -0.2) is 12.6 Å².